The van der Waals surface area contributed by atoms with Crippen LogP contribution in [0.1, 0.15) is 34.1 Å². The summed E-state index contributed by atoms with van der Waals surface area (Å²) in [6.45, 7) is 13.0. The van der Waals surface area contributed by atoms with Crippen LogP contribution in [-0.2, 0) is 14.0 Å². The molecule has 0 unspecified atom stereocenters. The maximum absolute atomic E-state index is 11.4. The SMILES string of the molecule is CCOC(=O)C[C@@H](CCl)O[Si](C)(C)C(C)(C)C. The lowest BCUT2D eigenvalue weighted by atomic mass is 10.2. The summed E-state index contributed by atoms with van der Waals surface area (Å²) in [5, 5.41) is 0.117. The molecule has 0 fully saturated rings. The van der Waals surface area contributed by atoms with Crippen molar-refractivity contribution < 1.29 is 14.0 Å². The molecule has 0 bridgehead atoms. The lowest BCUT2D eigenvalue weighted by Crippen LogP contribution is -2.45. The molecule has 0 rings (SSSR count). The summed E-state index contributed by atoms with van der Waals surface area (Å²) >= 11 is 5.86. The quantitative estimate of drug-likeness (QED) is 0.424. The van der Waals surface area contributed by atoms with E-state index in [4.69, 9.17) is 20.8 Å². The Balaban J connectivity index is 4.45. The van der Waals surface area contributed by atoms with Gasteiger partial charge in [-0.3, -0.25) is 4.79 Å². The molecule has 17 heavy (non-hydrogen) atoms. The molecule has 0 aromatic rings. The molecule has 0 aliphatic carbocycles. The molecule has 0 amide bonds. The second-order valence-corrected chi connectivity index (χ2v) is 10.7. The van der Waals surface area contributed by atoms with Gasteiger partial charge < -0.3 is 9.16 Å². The molecule has 0 saturated carbocycles. The largest absolute Gasteiger partial charge is 0.466 e. The van der Waals surface area contributed by atoms with E-state index in [9.17, 15) is 4.79 Å². The first-order valence-electron chi connectivity index (χ1n) is 6.03. The van der Waals surface area contributed by atoms with E-state index in [1.54, 1.807) is 6.92 Å². The molecule has 0 heterocycles. The van der Waals surface area contributed by atoms with Crippen LogP contribution in [-0.4, -0.2) is 32.9 Å². The third-order valence-corrected chi connectivity index (χ3v) is 8.02. The summed E-state index contributed by atoms with van der Waals surface area (Å²) in [7, 11) is -1.87. The van der Waals surface area contributed by atoms with E-state index in [-0.39, 0.29) is 23.5 Å². The Morgan fingerprint density at radius 3 is 2.24 bits per heavy atom. The average Bonchev–Trinajstić information content (AvgIpc) is 2.14. The molecular formula is C12H25ClO3Si. The minimum atomic E-state index is -1.87. The number of hydrogen-bond acceptors (Lipinski definition) is 3. The highest BCUT2D eigenvalue weighted by molar-refractivity contribution is 6.74. The molecule has 0 aromatic heterocycles. The van der Waals surface area contributed by atoms with Crippen LogP contribution in [0.15, 0.2) is 0 Å². The smallest absolute Gasteiger partial charge is 0.308 e. The Bertz CT molecular complexity index is 249. The summed E-state index contributed by atoms with van der Waals surface area (Å²) < 4.78 is 11.0. The Kier molecular flexibility index (Phi) is 6.73. The number of ether oxygens (including phenoxy) is 1. The van der Waals surface area contributed by atoms with Gasteiger partial charge in [0, 0.05) is 5.88 Å². The van der Waals surface area contributed by atoms with Gasteiger partial charge in [0.25, 0.3) is 0 Å². The first-order chi connectivity index (χ1) is 7.64. The van der Waals surface area contributed by atoms with Crippen molar-refractivity contribution in [1.82, 2.24) is 0 Å². The Morgan fingerprint density at radius 2 is 1.88 bits per heavy atom. The first-order valence-corrected chi connectivity index (χ1v) is 9.47. The monoisotopic (exact) mass is 280 g/mol. The van der Waals surface area contributed by atoms with Crippen molar-refractivity contribution in [3.05, 3.63) is 0 Å². The highest BCUT2D eigenvalue weighted by Gasteiger charge is 2.39. The van der Waals surface area contributed by atoms with Crippen molar-refractivity contribution >= 4 is 25.9 Å². The second kappa shape index (κ2) is 6.76. The number of esters is 1. The van der Waals surface area contributed by atoms with Gasteiger partial charge in [0.05, 0.1) is 19.1 Å². The lowest BCUT2D eigenvalue weighted by molar-refractivity contribution is -0.144. The van der Waals surface area contributed by atoms with Crippen molar-refractivity contribution in [1.29, 1.82) is 0 Å². The van der Waals surface area contributed by atoms with E-state index in [1.807, 2.05) is 0 Å². The van der Waals surface area contributed by atoms with E-state index < -0.39 is 8.32 Å². The van der Waals surface area contributed by atoms with Gasteiger partial charge >= 0.3 is 5.97 Å². The van der Waals surface area contributed by atoms with Gasteiger partial charge in [-0.2, -0.15) is 0 Å². The Labute approximate surface area is 111 Å². The highest BCUT2D eigenvalue weighted by atomic mass is 35.5. The van der Waals surface area contributed by atoms with E-state index >= 15 is 0 Å². The van der Waals surface area contributed by atoms with E-state index in [0.717, 1.165) is 0 Å². The van der Waals surface area contributed by atoms with Crippen LogP contribution in [0.25, 0.3) is 0 Å². The van der Waals surface area contributed by atoms with Gasteiger partial charge in [-0.25, -0.2) is 0 Å². The maximum Gasteiger partial charge on any atom is 0.308 e. The molecule has 102 valence electrons. The number of halogens is 1. The van der Waals surface area contributed by atoms with Crippen LogP contribution in [0.2, 0.25) is 18.1 Å². The fourth-order valence-electron chi connectivity index (χ4n) is 1.13. The summed E-state index contributed by atoms with van der Waals surface area (Å²) in [6, 6.07) is 0. The molecule has 0 spiro atoms. The Morgan fingerprint density at radius 1 is 1.35 bits per heavy atom. The third kappa shape index (κ3) is 5.88. The van der Waals surface area contributed by atoms with E-state index in [0.29, 0.717) is 12.5 Å². The number of carbonyl (C=O) groups excluding carboxylic acids is 1. The van der Waals surface area contributed by atoms with Crippen LogP contribution in [0.4, 0.5) is 0 Å². The minimum Gasteiger partial charge on any atom is -0.466 e. The van der Waals surface area contributed by atoms with Crippen molar-refractivity contribution in [3.63, 3.8) is 0 Å². The van der Waals surface area contributed by atoms with Gasteiger partial charge in [-0.1, -0.05) is 20.8 Å². The molecule has 0 aliphatic heterocycles. The highest BCUT2D eigenvalue weighted by Crippen LogP contribution is 2.37. The topological polar surface area (TPSA) is 35.5 Å². The molecule has 0 N–H and O–H groups in total. The normalized spacial score (nSPS) is 14.5. The molecule has 0 aliphatic rings. The predicted molar refractivity (Wildman–Crippen MR) is 74.0 cm³/mol. The predicted octanol–water partition coefficient (Wildman–Crippen LogP) is 3.57. The molecule has 0 radical (unpaired) electrons. The maximum atomic E-state index is 11.4. The summed E-state index contributed by atoms with van der Waals surface area (Å²) in [5.41, 5.74) is 0. The minimum absolute atomic E-state index is 0.117. The molecular weight excluding hydrogens is 256 g/mol. The zero-order valence-electron chi connectivity index (χ0n) is 11.8. The fraction of sp³-hybridized carbons (Fsp3) is 0.917. The summed E-state index contributed by atoms with van der Waals surface area (Å²) in [6.07, 6.45) is 0.000679. The van der Waals surface area contributed by atoms with Crippen molar-refractivity contribution in [2.75, 3.05) is 12.5 Å². The second-order valence-electron chi connectivity index (χ2n) is 5.66. The van der Waals surface area contributed by atoms with Crippen LogP contribution < -0.4 is 0 Å². The zero-order chi connectivity index (χ0) is 13.7. The summed E-state index contributed by atoms with van der Waals surface area (Å²) in [5.74, 6) is 0.0857. The molecule has 0 aromatic carbocycles. The van der Waals surface area contributed by atoms with Gasteiger partial charge in [0.2, 0.25) is 0 Å². The number of carbonyl (C=O) groups is 1. The lowest BCUT2D eigenvalue weighted by Gasteiger charge is -2.38. The van der Waals surface area contributed by atoms with E-state index in [1.165, 1.54) is 0 Å². The first kappa shape index (κ1) is 16.9. The van der Waals surface area contributed by atoms with Crippen molar-refractivity contribution in [2.45, 2.75) is 58.4 Å². The molecule has 1 atom stereocenters. The van der Waals surface area contributed by atoms with E-state index in [2.05, 4.69) is 33.9 Å². The van der Waals surface area contributed by atoms with Crippen LogP contribution in [0.5, 0.6) is 0 Å². The number of rotatable bonds is 6. The average molecular weight is 281 g/mol. The van der Waals surface area contributed by atoms with Gasteiger partial charge in [-0.05, 0) is 25.1 Å². The molecule has 5 heteroatoms. The standard InChI is InChI=1S/C12H25ClO3Si/c1-7-15-11(14)8-10(9-13)16-17(5,6)12(2,3)4/h10H,7-9H2,1-6H3/t10-/m0/s1. The van der Waals surface area contributed by atoms with Gasteiger partial charge in [0.1, 0.15) is 0 Å². The Hall–Kier alpha value is -0.0631. The van der Waals surface area contributed by atoms with Crippen molar-refractivity contribution in [3.8, 4) is 0 Å². The van der Waals surface area contributed by atoms with Crippen molar-refractivity contribution in [2.24, 2.45) is 0 Å². The third-order valence-electron chi connectivity index (χ3n) is 3.14. The molecule has 3 nitrogen and oxygen atoms in total. The number of alkyl halides is 1. The van der Waals surface area contributed by atoms with Crippen LogP contribution in [0, 0.1) is 0 Å². The van der Waals surface area contributed by atoms with Crippen LogP contribution in [0.3, 0.4) is 0 Å². The zero-order valence-corrected chi connectivity index (χ0v) is 13.6. The fourth-order valence-corrected chi connectivity index (χ4v) is 2.76. The van der Waals surface area contributed by atoms with Gasteiger partial charge in [0.15, 0.2) is 8.32 Å². The van der Waals surface area contributed by atoms with Crippen LogP contribution >= 0.6 is 11.6 Å². The summed E-state index contributed by atoms with van der Waals surface area (Å²) in [4.78, 5) is 11.4. The molecule has 0 saturated heterocycles. The number of hydrogen-bond donors (Lipinski definition) is 0. The van der Waals surface area contributed by atoms with Gasteiger partial charge in [-0.15, -0.1) is 11.6 Å².